The summed E-state index contributed by atoms with van der Waals surface area (Å²) in [5.41, 5.74) is -0.0833. The van der Waals surface area contributed by atoms with Crippen LogP contribution in [0.3, 0.4) is 0 Å². The molecule has 1 saturated heterocycles. The number of hydrogen-bond donors (Lipinski definition) is 0. The minimum atomic E-state index is -0.0833. The molecule has 1 rings (SSSR count). The van der Waals surface area contributed by atoms with Crippen molar-refractivity contribution in [3.63, 3.8) is 0 Å². The Morgan fingerprint density at radius 3 is 2.25 bits per heavy atom. The van der Waals surface area contributed by atoms with Crippen molar-refractivity contribution in [3.05, 3.63) is 0 Å². The summed E-state index contributed by atoms with van der Waals surface area (Å²) in [5.74, 6) is 0. The van der Waals surface area contributed by atoms with Crippen LogP contribution in [0, 0.1) is 0 Å². The highest BCUT2D eigenvalue weighted by molar-refractivity contribution is 6.19. The Hall–Kier alpha value is 0.517. The van der Waals surface area contributed by atoms with Crippen molar-refractivity contribution < 1.29 is 9.31 Å². The number of rotatable bonds is 0. The molecular formula is C4H10AlBO2. The molecule has 0 aromatic heterocycles. The molecule has 0 bridgehead atoms. The van der Waals surface area contributed by atoms with E-state index in [9.17, 15) is 0 Å². The highest BCUT2D eigenvalue weighted by Gasteiger charge is 2.25. The van der Waals surface area contributed by atoms with Crippen molar-refractivity contribution >= 4 is 25.0 Å². The second-order valence-electron chi connectivity index (χ2n) is 2.28. The third kappa shape index (κ3) is 2.19. The predicted molar refractivity (Wildman–Crippen MR) is 35.4 cm³/mol. The highest BCUT2D eigenvalue weighted by Crippen LogP contribution is 2.13. The van der Waals surface area contributed by atoms with Crippen molar-refractivity contribution in [2.45, 2.75) is 19.4 Å². The first kappa shape index (κ1) is 8.52. The first-order valence-electron chi connectivity index (χ1n) is 2.32. The SMILES string of the molecule is CC1(C)CO[B]O1.[AlH2]. The lowest BCUT2D eigenvalue weighted by atomic mass is 10.2. The molecule has 0 aromatic rings. The minimum absolute atomic E-state index is 0. The third-order valence-electron chi connectivity index (χ3n) is 0.866. The fraction of sp³-hybridized carbons (Fsp3) is 1.00. The van der Waals surface area contributed by atoms with E-state index in [1.807, 2.05) is 13.8 Å². The summed E-state index contributed by atoms with van der Waals surface area (Å²) in [5, 5.41) is 0. The van der Waals surface area contributed by atoms with Crippen LogP contribution in [-0.2, 0) is 9.31 Å². The smallest absolute Gasteiger partial charge is 0.410 e. The van der Waals surface area contributed by atoms with Crippen LogP contribution in [0.5, 0.6) is 0 Å². The van der Waals surface area contributed by atoms with Gasteiger partial charge in [0, 0.05) is 0 Å². The largest absolute Gasteiger partial charge is 0.488 e. The lowest BCUT2D eigenvalue weighted by molar-refractivity contribution is 0.139. The zero-order valence-electron chi connectivity index (χ0n) is 5.60. The average molecular weight is 128 g/mol. The second-order valence-corrected chi connectivity index (χ2v) is 2.28. The average Bonchev–Trinajstić information content (AvgIpc) is 1.84. The highest BCUT2D eigenvalue weighted by atomic mass is 27.0. The van der Waals surface area contributed by atoms with Gasteiger partial charge in [-0.3, -0.25) is 0 Å². The molecule has 0 aromatic carbocycles. The van der Waals surface area contributed by atoms with Gasteiger partial charge in [0.25, 0.3) is 0 Å². The van der Waals surface area contributed by atoms with Crippen LogP contribution in [0.1, 0.15) is 13.8 Å². The second kappa shape index (κ2) is 2.89. The van der Waals surface area contributed by atoms with Crippen LogP contribution in [-0.4, -0.2) is 37.3 Å². The van der Waals surface area contributed by atoms with Gasteiger partial charge in [-0.05, 0) is 13.8 Å². The normalized spacial score (nSPS) is 23.8. The Morgan fingerprint density at radius 1 is 1.50 bits per heavy atom. The maximum Gasteiger partial charge on any atom is 0.488 e. The third-order valence-corrected chi connectivity index (χ3v) is 0.866. The van der Waals surface area contributed by atoms with Crippen molar-refractivity contribution in [1.29, 1.82) is 0 Å². The van der Waals surface area contributed by atoms with E-state index in [0.717, 1.165) is 0 Å². The molecule has 1 heterocycles. The molecule has 2 radical (unpaired) electrons. The first-order valence-corrected chi connectivity index (χ1v) is 2.32. The van der Waals surface area contributed by atoms with E-state index in [0.29, 0.717) is 6.61 Å². The van der Waals surface area contributed by atoms with Crippen LogP contribution in [0.4, 0.5) is 0 Å². The Kier molecular flexibility index (Phi) is 3.07. The van der Waals surface area contributed by atoms with E-state index >= 15 is 0 Å². The molecule has 8 heavy (non-hydrogen) atoms. The lowest BCUT2D eigenvalue weighted by Crippen LogP contribution is -2.21. The van der Waals surface area contributed by atoms with Gasteiger partial charge in [0.05, 0.1) is 12.2 Å². The monoisotopic (exact) mass is 128 g/mol. The van der Waals surface area contributed by atoms with Crippen LogP contribution in [0.15, 0.2) is 0 Å². The Balaban J connectivity index is 0.000000490. The summed E-state index contributed by atoms with van der Waals surface area (Å²) in [6.45, 7) is 4.64. The Labute approximate surface area is 61.0 Å². The van der Waals surface area contributed by atoms with Gasteiger partial charge in [0.1, 0.15) is 17.4 Å². The van der Waals surface area contributed by atoms with Crippen LogP contribution in [0.25, 0.3) is 0 Å². The standard InChI is InChI=1S/C4H8BO2.Al.2H/c1-4(2)3-6-5-7-4;;;/h3H2,1-2H3;;;. The van der Waals surface area contributed by atoms with E-state index in [1.54, 1.807) is 0 Å². The van der Waals surface area contributed by atoms with Gasteiger partial charge < -0.3 is 9.31 Å². The molecule has 1 aliphatic rings. The Bertz CT molecular complexity index is 68.4. The van der Waals surface area contributed by atoms with Gasteiger partial charge in [0.15, 0.2) is 0 Å². The molecule has 1 aliphatic heterocycles. The molecule has 0 atom stereocenters. The molecule has 0 amide bonds. The van der Waals surface area contributed by atoms with E-state index in [4.69, 9.17) is 9.31 Å². The van der Waals surface area contributed by atoms with Gasteiger partial charge in [-0.1, -0.05) is 0 Å². The fourth-order valence-electron chi connectivity index (χ4n) is 0.433. The summed E-state index contributed by atoms with van der Waals surface area (Å²) < 4.78 is 9.81. The van der Waals surface area contributed by atoms with Gasteiger partial charge in [-0.25, -0.2) is 0 Å². The molecular weight excluding hydrogens is 118 g/mol. The van der Waals surface area contributed by atoms with Crippen LogP contribution >= 0.6 is 0 Å². The van der Waals surface area contributed by atoms with Gasteiger partial charge in [0.2, 0.25) is 0 Å². The molecule has 0 aliphatic carbocycles. The maximum absolute atomic E-state index is 4.99. The van der Waals surface area contributed by atoms with Crippen LogP contribution < -0.4 is 0 Å². The number of hydrogen-bond acceptors (Lipinski definition) is 2. The molecule has 1 fully saturated rings. The molecule has 0 N–H and O–H groups in total. The molecule has 2 nitrogen and oxygen atoms in total. The lowest BCUT2D eigenvalue weighted by Gasteiger charge is -2.13. The topological polar surface area (TPSA) is 18.5 Å². The van der Waals surface area contributed by atoms with Gasteiger partial charge in [-0.2, -0.15) is 0 Å². The fourth-order valence-corrected chi connectivity index (χ4v) is 0.433. The summed E-state index contributed by atoms with van der Waals surface area (Å²) in [7, 11) is 1.39. The first-order chi connectivity index (χ1) is 3.21. The van der Waals surface area contributed by atoms with Crippen molar-refractivity contribution in [1.82, 2.24) is 0 Å². The van der Waals surface area contributed by atoms with Gasteiger partial charge in [-0.15, -0.1) is 0 Å². The maximum atomic E-state index is 4.99. The molecule has 0 saturated carbocycles. The minimum Gasteiger partial charge on any atom is -0.410 e. The quantitative estimate of drug-likeness (QED) is 0.406. The predicted octanol–water partition coefficient (Wildman–Crippen LogP) is -0.570. The molecule has 0 unspecified atom stereocenters. The zero-order chi connectivity index (χ0) is 5.33. The van der Waals surface area contributed by atoms with E-state index < -0.39 is 0 Å². The van der Waals surface area contributed by atoms with E-state index in [-0.39, 0.29) is 23.0 Å². The van der Waals surface area contributed by atoms with E-state index in [2.05, 4.69) is 0 Å². The zero-order valence-corrected chi connectivity index (χ0v) is 7.60. The summed E-state index contributed by atoms with van der Waals surface area (Å²) in [6.07, 6.45) is 0. The van der Waals surface area contributed by atoms with Gasteiger partial charge >= 0.3 is 7.69 Å². The van der Waals surface area contributed by atoms with E-state index in [1.165, 1.54) is 7.69 Å². The summed E-state index contributed by atoms with van der Waals surface area (Å²) in [6, 6.07) is 0. The van der Waals surface area contributed by atoms with Crippen LogP contribution in [0.2, 0.25) is 0 Å². The Morgan fingerprint density at radius 2 is 2.12 bits per heavy atom. The summed E-state index contributed by atoms with van der Waals surface area (Å²) >= 11 is 0. The molecule has 4 heteroatoms. The van der Waals surface area contributed by atoms with Crippen molar-refractivity contribution in [3.8, 4) is 0 Å². The molecule has 0 spiro atoms. The van der Waals surface area contributed by atoms with Crippen molar-refractivity contribution in [2.24, 2.45) is 0 Å². The van der Waals surface area contributed by atoms with Crippen molar-refractivity contribution in [2.75, 3.05) is 6.61 Å². The summed E-state index contributed by atoms with van der Waals surface area (Å²) in [4.78, 5) is 0. The molecule has 44 valence electrons.